The number of carbonyl (C=O) groups excluding carboxylic acids is 1. The van der Waals surface area contributed by atoms with E-state index < -0.39 is 6.04 Å². The van der Waals surface area contributed by atoms with Crippen molar-refractivity contribution in [3.05, 3.63) is 66.5 Å². The Morgan fingerprint density at radius 2 is 1.81 bits per heavy atom. The topological polar surface area (TPSA) is 84.0 Å². The fourth-order valence-corrected chi connectivity index (χ4v) is 3.19. The molecule has 0 saturated carbocycles. The molecule has 1 saturated heterocycles. The van der Waals surface area contributed by atoms with E-state index in [4.69, 9.17) is 5.26 Å². The summed E-state index contributed by atoms with van der Waals surface area (Å²) >= 11 is 0. The van der Waals surface area contributed by atoms with Crippen LogP contribution in [0.25, 0.3) is 10.8 Å². The molecule has 6 nitrogen and oxygen atoms in total. The summed E-state index contributed by atoms with van der Waals surface area (Å²) in [6.45, 7) is 0.254. The van der Waals surface area contributed by atoms with Crippen LogP contribution in [-0.4, -0.2) is 23.6 Å². The molecule has 0 N–H and O–H groups in total. The lowest BCUT2D eigenvalue weighted by Gasteiger charge is -2.21. The molecular formula is C20H13N5O. The number of hydrogen-bond donors (Lipinski definition) is 0. The molecule has 1 aliphatic heterocycles. The minimum Gasteiger partial charge on any atom is -0.291 e. The molecule has 2 aromatic carbocycles. The fourth-order valence-electron chi connectivity index (χ4n) is 3.19. The molecule has 3 aromatic rings. The van der Waals surface area contributed by atoms with Crippen molar-refractivity contribution in [2.24, 2.45) is 0 Å². The third-order valence-corrected chi connectivity index (χ3v) is 4.47. The number of nitrogens with zero attached hydrogens (tertiary/aromatic N) is 5. The maximum Gasteiger partial charge on any atom is 0.330 e. The third-order valence-electron chi connectivity index (χ3n) is 4.47. The molecule has 26 heavy (non-hydrogen) atoms. The van der Waals surface area contributed by atoms with Gasteiger partial charge in [0, 0.05) is 22.7 Å². The highest BCUT2D eigenvalue weighted by Gasteiger charge is 2.40. The molecule has 1 aliphatic rings. The highest BCUT2D eigenvalue weighted by molar-refractivity contribution is 6.11. The highest BCUT2D eigenvalue weighted by Crippen LogP contribution is 2.33. The number of urea groups is 1. The lowest BCUT2D eigenvalue weighted by molar-refractivity contribution is 0.255. The van der Waals surface area contributed by atoms with E-state index in [1.807, 2.05) is 24.3 Å². The maximum atomic E-state index is 13.1. The van der Waals surface area contributed by atoms with Crippen LogP contribution in [0.1, 0.15) is 5.56 Å². The summed E-state index contributed by atoms with van der Waals surface area (Å²) in [6, 6.07) is 17.8. The van der Waals surface area contributed by atoms with Gasteiger partial charge in [0.25, 0.3) is 0 Å². The molecular weight excluding hydrogens is 326 g/mol. The summed E-state index contributed by atoms with van der Waals surface area (Å²) in [7, 11) is 0. The maximum absolute atomic E-state index is 13.1. The van der Waals surface area contributed by atoms with Gasteiger partial charge in [-0.25, -0.2) is 4.79 Å². The molecule has 1 atom stereocenters. The first kappa shape index (κ1) is 15.6. The third kappa shape index (κ3) is 2.42. The van der Waals surface area contributed by atoms with E-state index in [9.17, 15) is 10.1 Å². The van der Waals surface area contributed by atoms with E-state index in [1.54, 1.807) is 41.6 Å². The average molecular weight is 339 g/mol. The summed E-state index contributed by atoms with van der Waals surface area (Å²) in [5.74, 6) is 0. The Bertz CT molecular complexity index is 1070. The summed E-state index contributed by atoms with van der Waals surface area (Å²) in [6.07, 6.45) is 3.35. The molecule has 0 unspecified atom stereocenters. The van der Waals surface area contributed by atoms with Gasteiger partial charge in [-0.15, -0.1) is 0 Å². The SMILES string of the molecule is N#Cc1ccc(N2C[C@@H](C#N)N(c3cncc4ccccc34)C2=O)cc1. The van der Waals surface area contributed by atoms with Crippen LogP contribution in [-0.2, 0) is 0 Å². The Hall–Kier alpha value is -3.90. The van der Waals surface area contributed by atoms with Crippen LogP contribution in [0.15, 0.2) is 60.9 Å². The van der Waals surface area contributed by atoms with Crippen LogP contribution in [0, 0.1) is 22.7 Å². The van der Waals surface area contributed by atoms with Crippen LogP contribution < -0.4 is 9.80 Å². The van der Waals surface area contributed by atoms with Crippen molar-refractivity contribution in [2.75, 3.05) is 16.3 Å². The van der Waals surface area contributed by atoms with Gasteiger partial charge in [0.1, 0.15) is 6.04 Å². The van der Waals surface area contributed by atoms with Crippen LogP contribution in [0.4, 0.5) is 16.2 Å². The molecule has 1 fully saturated rings. The second kappa shape index (κ2) is 6.19. The Balaban J connectivity index is 1.77. The van der Waals surface area contributed by atoms with E-state index in [0.29, 0.717) is 16.9 Å². The standard InChI is InChI=1S/C20H13N5O/c21-9-14-5-7-16(8-6-14)24-13-17(10-22)25(20(24)26)19-12-23-11-15-3-1-2-4-18(15)19/h1-8,11-12,17H,13H2/t17-/m1/s1. The van der Waals surface area contributed by atoms with Gasteiger partial charge in [0.2, 0.25) is 0 Å². The number of carbonyl (C=O) groups is 1. The summed E-state index contributed by atoms with van der Waals surface area (Å²) in [5, 5.41) is 20.3. The zero-order chi connectivity index (χ0) is 18.1. The quantitative estimate of drug-likeness (QED) is 0.716. The molecule has 4 rings (SSSR count). The normalized spacial score (nSPS) is 16.5. The average Bonchev–Trinajstić information content (AvgIpc) is 3.04. The first-order valence-corrected chi connectivity index (χ1v) is 8.06. The van der Waals surface area contributed by atoms with E-state index in [1.165, 1.54) is 4.90 Å². The van der Waals surface area contributed by atoms with Crippen molar-refractivity contribution in [3.63, 3.8) is 0 Å². The van der Waals surface area contributed by atoms with Gasteiger partial charge < -0.3 is 0 Å². The molecule has 0 spiro atoms. The number of benzene rings is 2. The molecule has 124 valence electrons. The molecule has 6 heteroatoms. The van der Waals surface area contributed by atoms with Crippen molar-refractivity contribution >= 4 is 28.2 Å². The summed E-state index contributed by atoms with van der Waals surface area (Å²) < 4.78 is 0. The summed E-state index contributed by atoms with van der Waals surface area (Å²) in [5.41, 5.74) is 1.80. The zero-order valence-corrected chi connectivity index (χ0v) is 13.7. The second-order valence-electron chi connectivity index (χ2n) is 5.95. The molecule has 1 aromatic heterocycles. The number of hydrogen-bond acceptors (Lipinski definition) is 4. The van der Waals surface area contributed by atoms with Gasteiger partial charge in [-0.05, 0) is 24.3 Å². The van der Waals surface area contributed by atoms with Crippen molar-refractivity contribution in [2.45, 2.75) is 6.04 Å². The van der Waals surface area contributed by atoms with Crippen molar-refractivity contribution in [1.82, 2.24) is 4.98 Å². The predicted octanol–water partition coefficient (Wildman–Crippen LogP) is 3.45. The number of amides is 2. The largest absolute Gasteiger partial charge is 0.330 e. The Kier molecular flexibility index (Phi) is 3.72. The van der Waals surface area contributed by atoms with Crippen LogP contribution in [0.3, 0.4) is 0 Å². The Morgan fingerprint density at radius 3 is 2.54 bits per heavy atom. The minimum absolute atomic E-state index is 0.254. The number of nitriles is 2. The van der Waals surface area contributed by atoms with Gasteiger partial charge in [-0.1, -0.05) is 24.3 Å². The number of fused-ring (bicyclic) bond motifs is 1. The lowest BCUT2D eigenvalue weighted by Crippen LogP contribution is -2.34. The number of aromatic nitrogens is 1. The van der Waals surface area contributed by atoms with Crippen molar-refractivity contribution < 1.29 is 4.79 Å². The second-order valence-corrected chi connectivity index (χ2v) is 5.95. The Labute approximate surface area is 150 Å². The van der Waals surface area contributed by atoms with E-state index in [2.05, 4.69) is 17.1 Å². The van der Waals surface area contributed by atoms with Gasteiger partial charge in [0.15, 0.2) is 0 Å². The monoisotopic (exact) mass is 339 g/mol. The number of rotatable bonds is 2. The van der Waals surface area contributed by atoms with Gasteiger partial charge in [-0.2, -0.15) is 10.5 Å². The van der Waals surface area contributed by atoms with E-state index >= 15 is 0 Å². The van der Waals surface area contributed by atoms with Crippen LogP contribution in [0.2, 0.25) is 0 Å². The summed E-state index contributed by atoms with van der Waals surface area (Å²) in [4.78, 5) is 20.4. The predicted molar refractivity (Wildman–Crippen MR) is 97.5 cm³/mol. The first-order valence-electron chi connectivity index (χ1n) is 8.06. The van der Waals surface area contributed by atoms with Gasteiger partial charge >= 0.3 is 6.03 Å². The number of pyridine rings is 1. The Morgan fingerprint density at radius 1 is 1.04 bits per heavy atom. The van der Waals surface area contributed by atoms with Crippen molar-refractivity contribution in [1.29, 1.82) is 10.5 Å². The molecule has 0 radical (unpaired) electrons. The molecule has 0 bridgehead atoms. The molecule has 2 heterocycles. The molecule has 0 aliphatic carbocycles. The number of anilines is 2. The zero-order valence-electron chi connectivity index (χ0n) is 13.7. The molecule has 2 amide bonds. The lowest BCUT2D eigenvalue weighted by atomic mass is 10.1. The van der Waals surface area contributed by atoms with Gasteiger partial charge in [0.05, 0.1) is 36.1 Å². The minimum atomic E-state index is -0.620. The van der Waals surface area contributed by atoms with Crippen LogP contribution >= 0.6 is 0 Å². The van der Waals surface area contributed by atoms with E-state index in [-0.39, 0.29) is 12.6 Å². The van der Waals surface area contributed by atoms with Crippen LogP contribution in [0.5, 0.6) is 0 Å². The smallest absolute Gasteiger partial charge is 0.291 e. The van der Waals surface area contributed by atoms with Gasteiger partial charge in [-0.3, -0.25) is 14.8 Å². The van der Waals surface area contributed by atoms with E-state index in [0.717, 1.165) is 10.8 Å². The van der Waals surface area contributed by atoms with Crippen molar-refractivity contribution in [3.8, 4) is 12.1 Å². The fraction of sp³-hybridized carbons (Fsp3) is 0.100. The first-order chi connectivity index (χ1) is 12.7. The highest BCUT2D eigenvalue weighted by atomic mass is 16.2.